The van der Waals surface area contributed by atoms with Gasteiger partial charge in [-0.1, -0.05) is 0 Å². The average Bonchev–Trinajstić information content (AvgIpc) is 2.54. The van der Waals surface area contributed by atoms with E-state index in [9.17, 15) is 14.9 Å². The van der Waals surface area contributed by atoms with Gasteiger partial charge in [0.15, 0.2) is 5.75 Å². The molecule has 2 aromatic rings. The second-order valence-corrected chi connectivity index (χ2v) is 4.33. The van der Waals surface area contributed by atoms with Crippen molar-refractivity contribution in [2.45, 2.75) is 0 Å². The van der Waals surface area contributed by atoms with Crippen molar-refractivity contribution in [2.24, 2.45) is 0 Å². The van der Waals surface area contributed by atoms with Crippen LogP contribution in [0.25, 0.3) is 0 Å². The van der Waals surface area contributed by atoms with Crippen molar-refractivity contribution in [3.63, 3.8) is 0 Å². The largest absolute Gasteiger partial charge is 0.497 e. The van der Waals surface area contributed by atoms with E-state index in [-0.39, 0.29) is 17.0 Å². The average molecular weight is 302 g/mol. The number of rotatable bonds is 5. The number of nitrogens with one attached hydrogen (secondary N) is 1. The number of carbonyl (C=O) groups excluding carboxylic acids is 1. The Morgan fingerprint density at radius 1 is 1.09 bits per heavy atom. The van der Waals surface area contributed by atoms with E-state index in [1.165, 1.54) is 25.3 Å². The summed E-state index contributed by atoms with van der Waals surface area (Å²) >= 11 is 0. The first kappa shape index (κ1) is 15.3. The van der Waals surface area contributed by atoms with E-state index < -0.39 is 10.8 Å². The molecule has 0 saturated carbocycles. The lowest BCUT2D eigenvalue weighted by atomic mass is 10.1. The maximum Gasteiger partial charge on any atom is 0.311 e. The predicted octanol–water partition coefficient (Wildman–Crippen LogP) is 2.86. The highest BCUT2D eigenvalue weighted by molar-refractivity contribution is 6.04. The third-order valence-corrected chi connectivity index (χ3v) is 2.99. The molecule has 0 aliphatic rings. The second kappa shape index (κ2) is 6.57. The summed E-state index contributed by atoms with van der Waals surface area (Å²) in [5.41, 5.74) is 0.470. The van der Waals surface area contributed by atoms with Crippen molar-refractivity contribution < 1.29 is 19.2 Å². The Morgan fingerprint density at radius 3 is 2.32 bits per heavy atom. The molecular weight excluding hydrogens is 288 g/mol. The summed E-state index contributed by atoms with van der Waals surface area (Å²) in [6.45, 7) is 0. The zero-order chi connectivity index (χ0) is 16.1. The zero-order valence-electron chi connectivity index (χ0n) is 12.0. The molecule has 0 aliphatic carbocycles. The summed E-state index contributed by atoms with van der Waals surface area (Å²) in [5, 5.41) is 13.6. The molecule has 2 aromatic carbocycles. The van der Waals surface area contributed by atoms with E-state index in [0.29, 0.717) is 11.4 Å². The summed E-state index contributed by atoms with van der Waals surface area (Å²) in [4.78, 5) is 22.5. The monoisotopic (exact) mass is 302 g/mol. The van der Waals surface area contributed by atoms with E-state index in [1.807, 2.05) is 0 Å². The van der Waals surface area contributed by atoms with E-state index in [2.05, 4.69) is 5.32 Å². The molecular formula is C15H14N2O5. The molecule has 0 atom stereocenters. The van der Waals surface area contributed by atoms with Crippen LogP contribution in [-0.4, -0.2) is 25.1 Å². The number of hydrogen-bond donors (Lipinski definition) is 1. The van der Waals surface area contributed by atoms with Gasteiger partial charge in [-0.15, -0.1) is 0 Å². The fraction of sp³-hybridized carbons (Fsp3) is 0.133. The van der Waals surface area contributed by atoms with Crippen molar-refractivity contribution in [3.8, 4) is 11.5 Å². The number of anilines is 1. The van der Waals surface area contributed by atoms with Gasteiger partial charge >= 0.3 is 5.69 Å². The van der Waals surface area contributed by atoms with Crippen molar-refractivity contribution in [2.75, 3.05) is 19.5 Å². The Labute approximate surface area is 126 Å². The van der Waals surface area contributed by atoms with Crippen molar-refractivity contribution in [3.05, 3.63) is 58.1 Å². The second-order valence-electron chi connectivity index (χ2n) is 4.33. The minimum Gasteiger partial charge on any atom is -0.497 e. The zero-order valence-corrected chi connectivity index (χ0v) is 12.0. The van der Waals surface area contributed by atoms with Gasteiger partial charge < -0.3 is 14.8 Å². The van der Waals surface area contributed by atoms with Crippen LogP contribution in [0.1, 0.15) is 10.4 Å². The molecule has 0 spiro atoms. The quantitative estimate of drug-likeness (QED) is 0.677. The van der Waals surface area contributed by atoms with Gasteiger partial charge in [0.05, 0.1) is 19.1 Å². The lowest BCUT2D eigenvalue weighted by molar-refractivity contribution is -0.385. The van der Waals surface area contributed by atoms with E-state index >= 15 is 0 Å². The molecule has 0 aliphatic heterocycles. The van der Waals surface area contributed by atoms with Gasteiger partial charge in [0.1, 0.15) is 5.75 Å². The molecule has 0 radical (unpaired) electrons. The van der Waals surface area contributed by atoms with Crippen molar-refractivity contribution in [1.29, 1.82) is 0 Å². The Kier molecular flexibility index (Phi) is 4.57. The lowest BCUT2D eigenvalue weighted by Crippen LogP contribution is -2.12. The van der Waals surface area contributed by atoms with Crippen LogP contribution >= 0.6 is 0 Å². The van der Waals surface area contributed by atoms with Gasteiger partial charge in [0.2, 0.25) is 0 Å². The molecule has 1 amide bonds. The summed E-state index contributed by atoms with van der Waals surface area (Å²) in [6, 6.07) is 10.8. The molecule has 2 rings (SSSR count). The third-order valence-electron chi connectivity index (χ3n) is 2.99. The molecule has 1 N–H and O–H groups in total. The summed E-state index contributed by atoms with van der Waals surface area (Å²) < 4.78 is 9.92. The van der Waals surface area contributed by atoms with Gasteiger partial charge in [-0.25, -0.2) is 0 Å². The molecule has 0 aromatic heterocycles. The molecule has 22 heavy (non-hydrogen) atoms. The van der Waals surface area contributed by atoms with Gasteiger partial charge in [-0.05, 0) is 36.4 Å². The molecule has 0 bridgehead atoms. The van der Waals surface area contributed by atoms with Gasteiger partial charge in [0.25, 0.3) is 5.91 Å². The number of carbonyl (C=O) groups is 1. The first-order valence-electron chi connectivity index (χ1n) is 6.33. The summed E-state index contributed by atoms with van der Waals surface area (Å²) in [5.74, 6) is 0.319. The number of nitro benzene ring substituents is 1. The molecule has 0 fully saturated rings. The molecule has 7 heteroatoms. The van der Waals surface area contributed by atoms with E-state index in [4.69, 9.17) is 9.47 Å². The van der Waals surface area contributed by atoms with Crippen LogP contribution in [0.3, 0.4) is 0 Å². The molecule has 114 valence electrons. The van der Waals surface area contributed by atoms with E-state index in [1.54, 1.807) is 31.4 Å². The van der Waals surface area contributed by atoms with Crippen LogP contribution in [0.5, 0.6) is 11.5 Å². The number of amides is 1. The van der Waals surface area contributed by atoms with Crippen LogP contribution in [0.4, 0.5) is 11.4 Å². The van der Waals surface area contributed by atoms with Gasteiger partial charge in [-0.3, -0.25) is 14.9 Å². The number of hydrogen-bond acceptors (Lipinski definition) is 5. The molecule has 0 unspecified atom stereocenters. The van der Waals surface area contributed by atoms with Crippen LogP contribution in [0.2, 0.25) is 0 Å². The number of nitro groups is 1. The smallest absolute Gasteiger partial charge is 0.311 e. The number of methoxy groups -OCH3 is 2. The van der Waals surface area contributed by atoms with Crippen molar-refractivity contribution >= 4 is 17.3 Å². The lowest BCUT2D eigenvalue weighted by Gasteiger charge is -2.07. The van der Waals surface area contributed by atoms with Crippen LogP contribution in [-0.2, 0) is 0 Å². The van der Waals surface area contributed by atoms with Crippen LogP contribution in [0.15, 0.2) is 42.5 Å². The SMILES string of the molecule is COc1ccc(NC(=O)c2ccc(OC)c([N+](=O)[O-])c2)cc1. The Hall–Kier alpha value is -3.09. The molecule has 7 nitrogen and oxygen atoms in total. The minimum absolute atomic E-state index is 0.103. The fourth-order valence-electron chi connectivity index (χ4n) is 1.85. The maximum absolute atomic E-state index is 12.1. The Morgan fingerprint density at radius 2 is 1.77 bits per heavy atom. The summed E-state index contributed by atoms with van der Waals surface area (Å²) in [7, 11) is 2.88. The Bertz CT molecular complexity index is 698. The van der Waals surface area contributed by atoms with Gasteiger partial charge in [0, 0.05) is 17.3 Å². The predicted molar refractivity (Wildman–Crippen MR) is 80.6 cm³/mol. The first-order chi connectivity index (χ1) is 10.5. The maximum atomic E-state index is 12.1. The van der Waals surface area contributed by atoms with Crippen molar-refractivity contribution in [1.82, 2.24) is 0 Å². The van der Waals surface area contributed by atoms with Gasteiger partial charge in [-0.2, -0.15) is 0 Å². The molecule has 0 saturated heterocycles. The van der Waals surface area contributed by atoms with E-state index in [0.717, 1.165) is 0 Å². The van der Waals surface area contributed by atoms with Crippen LogP contribution in [0, 0.1) is 10.1 Å². The minimum atomic E-state index is -0.594. The highest BCUT2D eigenvalue weighted by atomic mass is 16.6. The number of benzene rings is 2. The summed E-state index contributed by atoms with van der Waals surface area (Å²) in [6.07, 6.45) is 0. The topological polar surface area (TPSA) is 90.7 Å². The number of ether oxygens (including phenoxy) is 2. The number of nitrogens with zero attached hydrogens (tertiary/aromatic N) is 1. The Balaban J connectivity index is 2.21. The standard InChI is InChI=1S/C15H14N2O5/c1-21-12-6-4-11(5-7-12)16-15(18)10-3-8-14(22-2)13(9-10)17(19)20/h3-9H,1-2H3,(H,16,18). The normalized spacial score (nSPS) is 9.91. The highest BCUT2D eigenvalue weighted by Gasteiger charge is 2.18. The molecule has 0 heterocycles. The van der Waals surface area contributed by atoms with Crippen LogP contribution < -0.4 is 14.8 Å². The fourth-order valence-corrected chi connectivity index (χ4v) is 1.85. The first-order valence-corrected chi connectivity index (χ1v) is 6.33. The third kappa shape index (κ3) is 3.32. The highest BCUT2D eigenvalue weighted by Crippen LogP contribution is 2.28.